The number of ether oxygens (including phenoxy) is 1. The van der Waals surface area contributed by atoms with Gasteiger partial charge >= 0.3 is 0 Å². The summed E-state index contributed by atoms with van der Waals surface area (Å²) in [5.41, 5.74) is 1.35. The van der Waals surface area contributed by atoms with Crippen molar-refractivity contribution in [1.29, 1.82) is 0 Å². The molecule has 3 aromatic rings. The lowest BCUT2D eigenvalue weighted by atomic mass is 10.2. The van der Waals surface area contributed by atoms with Gasteiger partial charge in [0.1, 0.15) is 18.4 Å². The van der Waals surface area contributed by atoms with E-state index < -0.39 is 0 Å². The molecule has 1 amide bonds. The molecule has 0 fully saturated rings. The SMILES string of the molecule is COc1ccc(Cl)cc1NCCC(=O)Nc1ccc(-n2cncn2)nc1. The van der Waals surface area contributed by atoms with Crippen LogP contribution in [0.1, 0.15) is 6.42 Å². The van der Waals surface area contributed by atoms with E-state index in [1.807, 2.05) is 0 Å². The highest BCUT2D eigenvalue weighted by atomic mass is 35.5. The van der Waals surface area contributed by atoms with Gasteiger partial charge in [-0.15, -0.1) is 0 Å². The van der Waals surface area contributed by atoms with E-state index in [9.17, 15) is 4.79 Å². The van der Waals surface area contributed by atoms with Crippen LogP contribution in [0.4, 0.5) is 11.4 Å². The summed E-state index contributed by atoms with van der Waals surface area (Å²) in [7, 11) is 1.58. The van der Waals surface area contributed by atoms with E-state index in [0.717, 1.165) is 5.69 Å². The molecule has 0 saturated carbocycles. The fourth-order valence-electron chi connectivity index (χ4n) is 2.27. The molecule has 0 atom stereocenters. The van der Waals surface area contributed by atoms with Crippen LogP contribution in [0.25, 0.3) is 5.82 Å². The van der Waals surface area contributed by atoms with Crippen molar-refractivity contribution in [2.75, 3.05) is 24.3 Å². The maximum absolute atomic E-state index is 12.1. The second kappa shape index (κ2) is 8.30. The maximum Gasteiger partial charge on any atom is 0.226 e. The molecule has 0 spiro atoms. The Labute approximate surface area is 155 Å². The number of halogens is 1. The van der Waals surface area contributed by atoms with Gasteiger partial charge in [-0.2, -0.15) is 5.10 Å². The van der Waals surface area contributed by atoms with Crippen molar-refractivity contribution in [2.45, 2.75) is 6.42 Å². The highest BCUT2D eigenvalue weighted by Crippen LogP contribution is 2.27. The van der Waals surface area contributed by atoms with E-state index in [4.69, 9.17) is 16.3 Å². The Morgan fingerprint density at radius 1 is 1.31 bits per heavy atom. The predicted octanol–water partition coefficient (Wildman–Crippen LogP) is 2.77. The van der Waals surface area contributed by atoms with E-state index >= 15 is 0 Å². The Bertz CT molecular complexity index is 867. The van der Waals surface area contributed by atoms with Crippen molar-refractivity contribution in [1.82, 2.24) is 19.7 Å². The van der Waals surface area contributed by atoms with Gasteiger partial charge in [0.25, 0.3) is 0 Å². The largest absolute Gasteiger partial charge is 0.495 e. The Morgan fingerprint density at radius 2 is 2.19 bits per heavy atom. The molecule has 0 aliphatic rings. The Morgan fingerprint density at radius 3 is 2.88 bits per heavy atom. The number of nitrogens with zero attached hydrogens (tertiary/aromatic N) is 4. The standard InChI is InChI=1S/C17H17ClN6O2/c1-26-15-4-2-12(18)8-14(15)20-7-6-17(25)23-13-3-5-16(21-9-13)24-11-19-10-22-24/h2-5,8-11,20H,6-7H2,1H3,(H,23,25). The quantitative estimate of drug-likeness (QED) is 0.662. The second-order valence-electron chi connectivity index (χ2n) is 5.31. The molecule has 26 heavy (non-hydrogen) atoms. The van der Waals surface area contributed by atoms with Gasteiger partial charge in [-0.1, -0.05) is 11.6 Å². The Kier molecular flexibility index (Phi) is 5.65. The maximum atomic E-state index is 12.1. The zero-order valence-corrected chi connectivity index (χ0v) is 14.8. The summed E-state index contributed by atoms with van der Waals surface area (Å²) in [5, 5.41) is 10.5. The average Bonchev–Trinajstić information content (AvgIpc) is 3.17. The van der Waals surface area contributed by atoms with Gasteiger partial charge in [-0.3, -0.25) is 4.79 Å². The number of pyridine rings is 1. The highest BCUT2D eigenvalue weighted by Gasteiger charge is 2.07. The lowest BCUT2D eigenvalue weighted by molar-refractivity contribution is -0.115. The van der Waals surface area contributed by atoms with Crippen molar-refractivity contribution in [3.05, 3.63) is 54.2 Å². The van der Waals surface area contributed by atoms with Gasteiger partial charge in [0.2, 0.25) is 5.91 Å². The number of methoxy groups -OCH3 is 1. The van der Waals surface area contributed by atoms with Gasteiger partial charge in [0, 0.05) is 18.0 Å². The van der Waals surface area contributed by atoms with Crippen LogP contribution in [0.5, 0.6) is 5.75 Å². The first-order valence-electron chi connectivity index (χ1n) is 7.84. The fraction of sp³-hybridized carbons (Fsp3) is 0.176. The molecular weight excluding hydrogens is 356 g/mol. The topological polar surface area (TPSA) is 94.0 Å². The summed E-state index contributed by atoms with van der Waals surface area (Å²) in [6.07, 6.45) is 4.83. The molecule has 3 rings (SSSR count). The number of anilines is 2. The lowest BCUT2D eigenvalue weighted by Gasteiger charge is -2.11. The Balaban J connectivity index is 1.51. The number of carbonyl (C=O) groups is 1. The minimum absolute atomic E-state index is 0.131. The number of hydrogen-bond acceptors (Lipinski definition) is 6. The minimum Gasteiger partial charge on any atom is -0.495 e. The number of rotatable bonds is 7. The smallest absolute Gasteiger partial charge is 0.226 e. The van der Waals surface area contributed by atoms with Crippen LogP contribution in [0, 0.1) is 0 Å². The van der Waals surface area contributed by atoms with E-state index in [1.54, 1.807) is 50.0 Å². The number of nitrogens with one attached hydrogen (secondary N) is 2. The predicted molar refractivity (Wildman–Crippen MR) is 98.9 cm³/mol. The average molecular weight is 373 g/mol. The fourth-order valence-corrected chi connectivity index (χ4v) is 2.45. The molecule has 134 valence electrons. The molecule has 2 aromatic heterocycles. The van der Waals surface area contributed by atoms with Crippen LogP contribution < -0.4 is 15.4 Å². The van der Waals surface area contributed by atoms with Gasteiger partial charge in [0.05, 0.1) is 24.7 Å². The third-order valence-corrected chi connectivity index (χ3v) is 3.75. The minimum atomic E-state index is -0.131. The highest BCUT2D eigenvalue weighted by molar-refractivity contribution is 6.30. The van der Waals surface area contributed by atoms with Crippen LogP contribution in [-0.2, 0) is 4.79 Å². The summed E-state index contributed by atoms with van der Waals surface area (Å²) in [6.45, 7) is 0.438. The van der Waals surface area contributed by atoms with Crippen LogP contribution in [0.2, 0.25) is 5.02 Å². The van der Waals surface area contributed by atoms with Crippen LogP contribution in [0.3, 0.4) is 0 Å². The second-order valence-corrected chi connectivity index (χ2v) is 5.75. The van der Waals surface area contributed by atoms with Crippen molar-refractivity contribution >= 4 is 28.9 Å². The normalized spacial score (nSPS) is 10.4. The summed E-state index contributed by atoms with van der Waals surface area (Å²) in [4.78, 5) is 20.2. The molecular formula is C17H17ClN6O2. The summed E-state index contributed by atoms with van der Waals surface area (Å²) in [6, 6.07) is 8.78. The first kappa shape index (κ1) is 17.7. The van der Waals surface area contributed by atoms with E-state index in [2.05, 4.69) is 25.7 Å². The zero-order valence-electron chi connectivity index (χ0n) is 14.0. The third-order valence-electron chi connectivity index (χ3n) is 3.51. The van der Waals surface area contributed by atoms with E-state index in [1.165, 1.54) is 11.0 Å². The molecule has 0 aliphatic carbocycles. The van der Waals surface area contributed by atoms with E-state index in [-0.39, 0.29) is 12.3 Å². The molecule has 2 N–H and O–H groups in total. The van der Waals surface area contributed by atoms with Crippen molar-refractivity contribution < 1.29 is 9.53 Å². The van der Waals surface area contributed by atoms with Crippen LogP contribution in [-0.4, -0.2) is 39.3 Å². The molecule has 9 heteroatoms. The summed E-state index contributed by atoms with van der Waals surface area (Å²) in [5.74, 6) is 1.16. The molecule has 0 unspecified atom stereocenters. The van der Waals surface area contributed by atoms with Crippen LogP contribution >= 0.6 is 11.6 Å². The van der Waals surface area contributed by atoms with Gasteiger partial charge < -0.3 is 15.4 Å². The number of amides is 1. The van der Waals surface area contributed by atoms with Gasteiger partial charge in [-0.25, -0.2) is 14.6 Å². The van der Waals surface area contributed by atoms with Crippen molar-refractivity contribution in [3.63, 3.8) is 0 Å². The monoisotopic (exact) mass is 372 g/mol. The third kappa shape index (κ3) is 4.48. The molecule has 0 bridgehead atoms. The molecule has 2 heterocycles. The zero-order chi connectivity index (χ0) is 18.4. The van der Waals surface area contributed by atoms with Gasteiger partial charge in [-0.05, 0) is 30.3 Å². The summed E-state index contributed by atoms with van der Waals surface area (Å²) < 4.78 is 6.79. The van der Waals surface area contributed by atoms with E-state index in [0.29, 0.717) is 28.8 Å². The van der Waals surface area contributed by atoms with Gasteiger partial charge in [0.15, 0.2) is 5.82 Å². The Hall–Kier alpha value is -3.13. The first-order valence-corrected chi connectivity index (χ1v) is 8.22. The number of benzene rings is 1. The molecule has 1 aromatic carbocycles. The number of aromatic nitrogens is 4. The first-order chi connectivity index (χ1) is 12.7. The summed E-state index contributed by atoms with van der Waals surface area (Å²) >= 11 is 5.98. The van der Waals surface area contributed by atoms with Crippen LogP contribution in [0.15, 0.2) is 49.2 Å². The van der Waals surface area contributed by atoms with Crippen molar-refractivity contribution in [3.8, 4) is 11.6 Å². The molecule has 0 aliphatic heterocycles. The number of carbonyl (C=O) groups excluding carboxylic acids is 1. The molecule has 8 nitrogen and oxygen atoms in total. The number of hydrogen-bond donors (Lipinski definition) is 2. The lowest BCUT2D eigenvalue weighted by Crippen LogP contribution is -2.16. The molecule has 0 radical (unpaired) electrons. The molecule has 0 saturated heterocycles. The van der Waals surface area contributed by atoms with Crippen molar-refractivity contribution in [2.24, 2.45) is 0 Å².